The Labute approximate surface area is 90.2 Å². The van der Waals surface area contributed by atoms with Crippen LogP contribution in [0.15, 0.2) is 4.52 Å². The molecule has 1 aromatic heterocycles. The second-order valence-corrected chi connectivity index (χ2v) is 4.52. The Balaban J connectivity index is 1.82. The summed E-state index contributed by atoms with van der Waals surface area (Å²) in [6.07, 6.45) is 7.60. The van der Waals surface area contributed by atoms with Gasteiger partial charge in [0.2, 0.25) is 5.89 Å². The summed E-state index contributed by atoms with van der Waals surface area (Å²) in [5, 5.41) is 3.85. The molecule has 2 rings (SSSR count). The van der Waals surface area contributed by atoms with Gasteiger partial charge in [0.25, 0.3) is 0 Å². The molecule has 0 bridgehead atoms. The minimum absolute atomic E-state index is 0.131. The molecule has 0 spiro atoms. The molecule has 0 aliphatic heterocycles. The molecule has 0 saturated heterocycles. The van der Waals surface area contributed by atoms with Crippen LogP contribution in [0.2, 0.25) is 0 Å². The van der Waals surface area contributed by atoms with Crippen molar-refractivity contribution in [2.24, 2.45) is 11.7 Å². The van der Waals surface area contributed by atoms with E-state index in [1.165, 1.54) is 32.1 Å². The van der Waals surface area contributed by atoms with Gasteiger partial charge in [-0.1, -0.05) is 30.8 Å². The zero-order valence-electron chi connectivity index (χ0n) is 9.28. The van der Waals surface area contributed by atoms with E-state index in [2.05, 4.69) is 10.1 Å². The van der Waals surface area contributed by atoms with Crippen LogP contribution in [0.5, 0.6) is 0 Å². The zero-order chi connectivity index (χ0) is 10.7. The van der Waals surface area contributed by atoms with Crippen molar-refractivity contribution in [3.05, 3.63) is 11.7 Å². The molecule has 0 amide bonds. The average Bonchev–Trinajstić information content (AvgIpc) is 2.86. The molecule has 4 heteroatoms. The van der Waals surface area contributed by atoms with E-state index >= 15 is 0 Å². The lowest BCUT2D eigenvalue weighted by Crippen LogP contribution is -2.07. The lowest BCUT2D eigenvalue weighted by atomic mass is 10.0. The van der Waals surface area contributed by atoms with Gasteiger partial charge in [0.1, 0.15) is 0 Å². The average molecular weight is 209 g/mol. The SMILES string of the molecule is CC(N)c1noc(CCC2CCCC2)n1. The van der Waals surface area contributed by atoms with Crippen LogP contribution in [-0.2, 0) is 6.42 Å². The Morgan fingerprint density at radius 2 is 2.20 bits per heavy atom. The second-order valence-electron chi connectivity index (χ2n) is 4.52. The van der Waals surface area contributed by atoms with Gasteiger partial charge in [-0.05, 0) is 19.3 Å². The first-order valence-corrected chi connectivity index (χ1v) is 5.84. The molecule has 1 heterocycles. The van der Waals surface area contributed by atoms with Gasteiger partial charge < -0.3 is 10.3 Å². The first kappa shape index (κ1) is 10.6. The van der Waals surface area contributed by atoms with Crippen molar-refractivity contribution in [3.8, 4) is 0 Å². The number of nitrogens with zero attached hydrogens (tertiary/aromatic N) is 2. The first-order valence-electron chi connectivity index (χ1n) is 5.84. The summed E-state index contributed by atoms with van der Waals surface area (Å²) in [5.74, 6) is 2.24. The fourth-order valence-corrected chi connectivity index (χ4v) is 2.18. The van der Waals surface area contributed by atoms with Gasteiger partial charge in [0, 0.05) is 6.42 Å². The normalized spacial score (nSPS) is 19.6. The highest BCUT2D eigenvalue weighted by Gasteiger charge is 2.16. The smallest absolute Gasteiger partial charge is 0.226 e. The Hall–Kier alpha value is -0.900. The van der Waals surface area contributed by atoms with Crippen molar-refractivity contribution in [2.45, 2.75) is 51.5 Å². The predicted octanol–water partition coefficient (Wildman–Crippen LogP) is 2.21. The van der Waals surface area contributed by atoms with Crippen LogP contribution in [0.25, 0.3) is 0 Å². The van der Waals surface area contributed by atoms with Crippen molar-refractivity contribution in [1.29, 1.82) is 0 Å². The summed E-state index contributed by atoms with van der Waals surface area (Å²) in [6.45, 7) is 1.87. The van der Waals surface area contributed by atoms with Crippen LogP contribution < -0.4 is 5.73 Å². The van der Waals surface area contributed by atoms with Gasteiger partial charge in [0.15, 0.2) is 5.82 Å². The van der Waals surface area contributed by atoms with E-state index in [0.29, 0.717) is 5.82 Å². The van der Waals surface area contributed by atoms with Crippen LogP contribution in [0.3, 0.4) is 0 Å². The first-order chi connectivity index (χ1) is 7.25. The Morgan fingerprint density at radius 1 is 1.47 bits per heavy atom. The Kier molecular flexibility index (Phi) is 3.36. The van der Waals surface area contributed by atoms with Crippen LogP contribution in [0.4, 0.5) is 0 Å². The molecule has 1 unspecified atom stereocenters. The topological polar surface area (TPSA) is 64.9 Å². The highest BCUT2D eigenvalue weighted by molar-refractivity contribution is 4.91. The molecule has 1 saturated carbocycles. The van der Waals surface area contributed by atoms with Crippen molar-refractivity contribution in [1.82, 2.24) is 10.1 Å². The molecule has 84 valence electrons. The van der Waals surface area contributed by atoms with Crippen molar-refractivity contribution >= 4 is 0 Å². The highest BCUT2D eigenvalue weighted by atomic mass is 16.5. The third-order valence-corrected chi connectivity index (χ3v) is 3.13. The molecular weight excluding hydrogens is 190 g/mol. The minimum atomic E-state index is -0.131. The Bertz CT molecular complexity index is 303. The van der Waals surface area contributed by atoms with E-state index < -0.39 is 0 Å². The van der Waals surface area contributed by atoms with Gasteiger partial charge in [-0.2, -0.15) is 4.98 Å². The Morgan fingerprint density at radius 3 is 2.80 bits per heavy atom. The van der Waals surface area contributed by atoms with Crippen LogP contribution in [0.1, 0.15) is 56.8 Å². The van der Waals surface area contributed by atoms with Gasteiger partial charge in [-0.25, -0.2) is 0 Å². The largest absolute Gasteiger partial charge is 0.339 e. The molecule has 15 heavy (non-hydrogen) atoms. The standard InChI is InChI=1S/C11H19N3O/c1-8(12)11-13-10(15-14-11)7-6-9-4-2-3-5-9/h8-9H,2-7,12H2,1H3. The summed E-state index contributed by atoms with van der Waals surface area (Å²) >= 11 is 0. The lowest BCUT2D eigenvalue weighted by Gasteiger charge is -2.04. The molecule has 2 N–H and O–H groups in total. The van der Waals surface area contributed by atoms with E-state index in [1.807, 2.05) is 6.92 Å². The van der Waals surface area contributed by atoms with E-state index in [0.717, 1.165) is 18.2 Å². The number of nitrogens with two attached hydrogens (primary N) is 1. The van der Waals surface area contributed by atoms with Gasteiger partial charge >= 0.3 is 0 Å². The monoisotopic (exact) mass is 209 g/mol. The number of hydrogen-bond acceptors (Lipinski definition) is 4. The number of aryl methyl sites for hydroxylation is 1. The maximum atomic E-state index is 5.66. The summed E-state index contributed by atoms with van der Waals surface area (Å²) in [6, 6.07) is -0.131. The summed E-state index contributed by atoms with van der Waals surface area (Å²) < 4.78 is 5.14. The van der Waals surface area contributed by atoms with E-state index in [4.69, 9.17) is 10.3 Å². The van der Waals surface area contributed by atoms with Gasteiger partial charge in [0.05, 0.1) is 6.04 Å². The maximum absolute atomic E-state index is 5.66. The summed E-state index contributed by atoms with van der Waals surface area (Å²) in [5.41, 5.74) is 5.66. The molecule has 1 aliphatic rings. The quantitative estimate of drug-likeness (QED) is 0.825. The van der Waals surface area contributed by atoms with Crippen molar-refractivity contribution in [2.75, 3.05) is 0 Å². The van der Waals surface area contributed by atoms with Crippen LogP contribution in [0, 0.1) is 5.92 Å². The number of aromatic nitrogens is 2. The van der Waals surface area contributed by atoms with E-state index in [1.54, 1.807) is 0 Å². The lowest BCUT2D eigenvalue weighted by molar-refractivity contribution is 0.356. The molecule has 0 radical (unpaired) electrons. The zero-order valence-corrected chi connectivity index (χ0v) is 9.28. The van der Waals surface area contributed by atoms with Gasteiger partial charge in [-0.15, -0.1) is 0 Å². The fraction of sp³-hybridized carbons (Fsp3) is 0.818. The fourth-order valence-electron chi connectivity index (χ4n) is 2.18. The molecule has 4 nitrogen and oxygen atoms in total. The number of hydrogen-bond donors (Lipinski definition) is 1. The highest BCUT2D eigenvalue weighted by Crippen LogP contribution is 2.28. The molecule has 1 aromatic rings. The molecule has 0 aromatic carbocycles. The maximum Gasteiger partial charge on any atom is 0.226 e. The van der Waals surface area contributed by atoms with Crippen molar-refractivity contribution in [3.63, 3.8) is 0 Å². The molecule has 1 atom stereocenters. The van der Waals surface area contributed by atoms with E-state index in [9.17, 15) is 0 Å². The third-order valence-electron chi connectivity index (χ3n) is 3.13. The third kappa shape index (κ3) is 2.78. The molecule has 1 aliphatic carbocycles. The van der Waals surface area contributed by atoms with Crippen LogP contribution in [-0.4, -0.2) is 10.1 Å². The van der Waals surface area contributed by atoms with Crippen LogP contribution >= 0.6 is 0 Å². The summed E-state index contributed by atoms with van der Waals surface area (Å²) in [7, 11) is 0. The minimum Gasteiger partial charge on any atom is -0.339 e. The second kappa shape index (κ2) is 4.75. The molecular formula is C11H19N3O. The molecule has 1 fully saturated rings. The van der Waals surface area contributed by atoms with Crippen molar-refractivity contribution < 1.29 is 4.52 Å². The number of rotatable bonds is 4. The summed E-state index contributed by atoms with van der Waals surface area (Å²) in [4.78, 5) is 4.27. The van der Waals surface area contributed by atoms with E-state index in [-0.39, 0.29) is 6.04 Å². The predicted molar refractivity (Wildman–Crippen MR) is 57.2 cm³/mol. The van der Waals surface area contributed by atoms with Gasteiger partial charge in [-0.3, -0.25) is 0 Å².